The van der Waals surface area contributed by atoms with E-state index in [0.717, 1.165) is 23.3 Å². The minimum atomic E-state index is -0.318. The summed E-state index contributed by atoms with van der Waals surface area (Å²) in [6.07, 6.45) is 2.39. The van der Waals surface area contributed by atoms with Crippen LogP contribution in [0.2, 0.25) is 0 Å². The van der Waals surface area contributed by atoms with Crippen LogP contribution >= 0.6 is 15.9 Å². The number of allylic oxidation sites excluding steroid dienone is 1. The Morgan fingerprint density at radius 1 is 1.53 bits per heavy atom. The predicted octanol–water partition coefficient (Wildman–Crippen LogP) is 3.35. The van der Waals surface area contributed by atoms with Gasteiger partial charge >= 0.3 is 5.97 Å². The predicted molar refractivity (Wildman–Crippen MR) is 78.6 cm³/mol. The molecule has 0 radical (unpaired) electrons. The summed E-state index contributed by atoms with van der Waals surface area (Å²) >= 11 is 3.70. The molecule has 1 aliphatic rings. The van der Waals surface area contributed by atoms with Crippen LogP contribution < -0.4 is 4.74 Å². The summed E-state index contributed by atoms with van der Waals surface area (Å²) in [6.45, 7) is 4.23. The minimum Gasteiger partial charge on any atom is -0.496 e. The molecule has 0 heterocycles. The van der Waals surface area contributed by atoms with Gasteiger partial charge in [-0.15, -0.1) is 0 Å². The second-order valence-electron chi connectivity index (χ2n) is 4.68. The van der Waals surface area contributed by atoms with Crippen molar-refractivity contribution in [2.24, 2.45) is 0 Å². The van der Waals surface area contributed by atoms with E-state index in [1.54, 1.807) is 20.1 Å². The van der Waals surface area contributed by atoms with Crippen molar-refractivity contribution in [1.82, 2.24) is 0 Å². The summed E-state index contributed by atoms with van der Waals surface area (Å²) < 4.78 is 10.1. The Labute approximate surface area is 121 Å². The summed E-state index contributed by atoms with van der Waals surface area (Å²) in [7, 11) is 1.64. The van der Waals surface area contributed by atoms with E-state index >= 15 is 0 Å². The molecule has 102 valence electrons. The van der Waals surface area contributed by atoms with Gasteiger partial charge in [0.1, 0.15) is 5.75 Å². The highest BCUT2D eigenvalue weighted by Gasteiger charge is 2.38. The lowest BCUT2D eigenvalue weighted by Crippen LogP contribution is -2.15. The molecule has 0 amide bonds. The van der Waals surface area contributed by atoms with Crippen LogP contribution in [0.1, 0.15) is 25.0 Å². The molecule has 0 bridgehead atoms. The average Bonchev–Trinajstić information content (AvgIpc) is 2.60. The highest BCUT2D eigenvalue weighted by molar-refractivity contribution is 9.10. The summed E-state index contributed by atoms with van der Waals surface area (Å²) in [5.74, 6) is 0.471. The Hall–Kier alpha value is -1.29. The van der Waals surface area contributed by atoms with E-state index in [9.17, 15) is 4.79 Å². The molecule has 3 nitrogen and oxygen atoms in total. The molecule has 0 saturated heterocycles. The fourth-order valence-corrected chi connectivity index (χ4v) is 3.05. The van der Waals surface area contributed by atoms with Gasteiger partial charge in [-0.1, -0.05) is 28.1 Å². The smallest absolute Gasteiger partial charge is 0.331 e. The van der Waals surface area contributed by atoms with Gasteiger partial charge in [0.2, 0.25) is 0 Å². The molecule has 0 aromatic heterocycles. The fourth-order valence-electron chi connectivity index (χ4n) is 2.44. The van der Waals surface area contributed by atoms with Crippen molar-refractivity contribution < 1.29 is 14.3 Å². The van der Waals surface area contributed by atoms with Crippen molar-refractivity contribution in [2.75, 3.05) is 13.7 Å². The zero-order valence-corrected chi connectivity index (χ0v) is 12.9. The number of carbonyl (C=O) groups excluding carboxylic acids is 1. The molecule has 1 atom stereocenters. The molecule has 0 fully saturated rings. The van der Waals surface area contributed by atoms with Crippen LogP contribution in [0.5, 0.6) is 5.75 Å². The molecule has 0 aliphatic heterocycles. The summed E-state index contributed by atoms with van der Waals surface area (Å²) in [6, 6.07) is 5.93. The molecule has 0 spiro atoms. The zero-order chi connectivity index (χ0) is 14.0. The largest absolute Gasteiger partial charge is 0.496 e. The van der Waals surface area contributed by atoms with Crippen LogP contribution in [-0.2, 0) is 16.0 Å². The lowest BCUT2D eigenvalue weighted by molar-refractivity contribution is -0.137. The van der Waals surface area contributed by atoms with Gasteiger partial charge in [0.15, 0.2) is 0 Å². The summed E-state index contributed by atoms with van der Waals surface area (Å²) in [5.41, 5.74) is 3.09. The maximum atomic E-state index is 11.7. The number of esters is 1. The third kappa shape index (κ3) is 2.68. The van der Waals surface area contributed by atoms with E-state index in [1.165, 1.54) is 5.56 Å². The van der Waals surface area contributed by atoms with E-state index in [4.69, 9.17) is 9.47 Å². The minimum absolute atomic E-state index is 0.267. The molecule has 1 aliphatic carbocycles. The number of fused-ring (bicyclic) bond motifs is 1. The molecule has 1 aromatic carbocycles. The van der Waals surface area contributed by atoms with Crippen molar-refractivity contribution in [3.05, 3.63) is 35.4 Å². The summed E-state index contributed by atoms with van der Waals surface area (Å²) in [5, 5.41) is 0. The van der Waals surface area contributed by atoms with Gasteiger partial charge in [-0.2, -0.15) is 0 Å². The molecule has 4 heteroatoms. The molecule has 1 unspecified atom stereocenters. The molecule has 1 aromatic rings. The first kappa shape index (κ1) is 14.1. The van der Waals surface area contributed by atoms with Crippen LogP contribution in [0.15, 0.2) is 24.3 Å². The fraction of sp³-hybridized carbons (Fsp3) is 0.400. The van der Waals surface area contributed by atoms with E-state index in [-0.39, 0.29) is 10.3 Å². The van der Waals surface area contributed by atoms with E-state index < -0.39 is 0 Å². The van der Waals surface area contributed by atoms with Gasteiger partial charge < -0.3 is 9.47 Å². The number of hydrogen-bond donors (Lipinski definition) is 0. The topological polar surface area (TPSA) is 35.5 Å². The first-order chi connectivity index (χ1) is 8.99. The van der Waals surface area contributed by atoms with E-state index in [2.05, 4.69) is 28.9 Å². The Balaban J connectivity index is 2.52. The Kier molecular flexibility index (Phi) is 3.99. The van der Waals surface area contributed by atoms with Crippen LogP contribution in [0.3, 0.4) is 0 Å². The number of halogens is 1. The van der Waals surface area contributed by atoms with Crippen LogP contribution in [0.4, 0.5) is 0 Å². The number of benzene rings is 1. The third-order valence-corrected chi connectivity index (χ3v) is 3.94. The SMILES string of the molecule is CCOC(=O)C=C1c2c(cccc2OC)CC1(C)Br. The van der Waals surface area contributed by atoms with Crippen LogP contribution in [-0.4, -0.2) is 24.0 Å². The number of carbonyl (C=O) groups is 1. The third-order valence-electron chi connectivity index (χ3n) is 3.23. The molecular formula is C15H17BrO3. The number of rotatable bonds is 3. The number of hydrogen-bond acceptors (Lipinski definition) is 3. The van der Waals surface area contributed by atoms with Crippen LogP contribution in [0.25, 0.3) is 5.57 Å². The average molecular weight is 325 g/mol. The molecule has 2 rings (SSSR count). The maximum Gasteiger partial charge on any atom is 0.331 e. The van der Waals surface area contributed by atoms with Crippen LogP contribution in [0, 0.1) is 0 Å². The van der Waals surface area contributed by atoms with Crippen molar-refractivity contribution in [1.29, 1.82) is 0 Å². The Bertz CT molecular complexity index is 532. The van der Waals surface area contributed by atoms with Crippen molar-refractivity contribution in [3.63, 3.8) is 0 Å². The van der Waals surface area contributed by atoms with Gasteiger partial charge in [0.05, 0.1) is 18.0 Å². The van der Waals surface area contributed by atoms with Crippen molar-refractivity contribution >= 4 is 27.5 Å². The Morgan fingerprint density at radius 2 is 2.26 bits per heavy atom. The second-order valence-corrected chi connectivity index (χ2v) is 6.43. The number of methoxy groups -OCH3 is 1. The standard InChI is InChI=1S/C15H17BrO3/c1-4-19-13(17)8-11-14-10(9-15(11,2)16)6-5-7-12(14)18-3/h5-8H,4,9H2,1-3H3. The van der Waals surface area contributed by atoms with E-state index in [1.807, 2.05) is 12.1 Å². The normalized spacial score (nSPS) is 23.3. The van der Waals surface area contributed by atoms with Gasteiger partial charge in [0.25, 0.3) is 0 Å². The van der Waals surface area contributed by atoms with Gasteiger partial charge in [0, 0.05) is 11.6 Å². The monoisotopic (exact) mass is 324 g/mol. The van der Waals surface area contributed by atoms with Gasteiger partial charge in [-0.3, -0.25) is 0 Å². The Morgan fingerprint density at radius 3 is 2.89 bits per heavy atom. The molecule has 0 saturated carbocycles. The molecule has 19 heavy (non-hydrogen) atoms. The van der Waals surface area contributed by atoms with Gasteiger partial charge in [-0.05, 0) is 37.5 Å². The van der Waals surface area contributed by atoms with Crippen molar-refractivity contribution in [3.8, 4) is 5.75 Å². The first-order valence-electron chi connectivity index (χ1n) is 6.23. The highest BCUT2D eigenvalue weighted by Crippen LogP contribution is 2.49. The summed E-state index contributed by atoms with van der Waals surface area (Å²) in [4.78, 5) is 11.7. The van der Waals surface area contributed by atoms with E-state index in [0.29, 0.717) is 6.61 Å². The second kappa shape index (κ2) is 5.37. The van der Waals surface area contributed by atoms with Crippen molar-refractivity contribution in [2.45, 2.75) is 24.6 Å². The number of ether oxygens (including phenoxy) is 2. The molecule has 0 N–H and O–H groups in total. The lowest BCUT2D eigenvalue weighted by Gasteiger charge is -2.18. The lowest BCUT2D eigenvalue weighted by atomic mass is 10.0. The molecular weight excluding hydrogens is 308 g/mol. The highest BCUT2D eigenvalue weighted by atomic mass is 79.9. The quantitative estimate of drug-likeness (QED) is 0.486. The first-order valence-corrected chi connectivity index (χ1v) is 7.03. The number of alkyl halides is 1. The van der Waals surface area contributed by atoms with Gasteiger partial charge in [-0.25, -0.2) is 4.79 Å². The zero-order valence-electron chi connectivity index (χ0n) is 11.3. The maximum absolute atomic E-state index is 11.7.